The van der Waals surface area contributed by atoms with E-state index in [1.54, 1.807) is 0 Å². The van der Waals surface area contributed by atoms with Crippen LogP contribution in [0.5, 0.6) is 0 Å². The van der Waals surface area contributed by atoms with Crippen molar-refractivity contribution in [2.75, 3.05) is 11.9 Å². The van der Waals surface area contributed by atoms with Crippen LogP contribution < -0.4 is 5.32 Å². The van der Waals surface area contributed by atoms with E-state index in [4.69, 9.17) is 0 Å². The zero-order valence-corrected chi connectivity index (χ0v) is 10.6. The van der Waals surface area contributed by atoms with E-state index in [0.29, 0.717) is 5.41 Å². The molecule has 0 aliphatic heterocycles. The fraction of sp³-hybridized carbons (Fsp3) is 0.750. The van der Waals surface area contributed by atoms with Crippen LogP contribution in [0.15, 0.2) is 6.20 Å². The topological polar surface area (TPSA) is 29.9 Å². The monoisotopic (exact) mass is 209 g/mol. The van der Waals surface area contributed by atoms with Gasteiger partial charge in [-0.05, 0) is 25.7 Å². The molecule has 3 nitrogen and oxygen atoms in total. The summed E-state index contributed by atoms with van der Waals surface area (Å²) >= 11 is 0. The Bertz CT molecular complexity index is 313. The molecule has 0 amide bonds. The second-order valence-corrected chi connectivity index (χ2v) is 4.88. The predicted octanol–water partition coefficient (Wildman–Crippen LogP) is 3.06. The first-order valence-corrected chi connectivity index (χ1v) is 5.76. The van der Waals surface area contributed by atoms with Gasteiger partial charge in [-0.3, -0.25) is 0 Å². The lowest BCUT2D eigenvalue weighted by molar-refractivity contribution is 0.296. The summed E-state index contributed by atoms with van der Waals surface area (Å²) in [7, 11) is 0. The molecule has 0 aromatic carbocycles. The Morgan fingerprint density at radius 2 is 2.07 bits per heavy atom. The standard InChI is InChI=1S/C12H23N3/c1-6-12(4,5)9-15-8-10(3)14-11(15)13-7-2/h8H,6-7,9H2,1-5H3,(H,13,14). The van der Waals surface area contributed by atoms with Crippen molar-refractivity contribution in [3.05, 3.63) is 11.9 Å². The van der Waals surface area contributed by atoms with E-state index in [-0.39, 0.29) is 0 Å². The Morgan fingerprint density at radius 1 is 1.40 bits per heavy atom. The molecule has 0 unspecified atom stereocenters. The predicted molar refractivity (Wildman–Crippen MR) is 65.2 cm³/mol. The van der Waals surface area contributed by atoms with Gasteiger partial charge in [0.05, 0.1) is 5.69 Å². The van der Waals surface area contributed by atoms with Gasteiger partial charge in [-0.1, -0.05) is 20.8 Å². The third-order valence-electron chi connectivity index (χ3n) is 2.79. The van der Waals surface area contributed by atoms with E-state index in [2.05, 4.69) is 48.8 Å². The van der Waals surface area contributed by atoms with Crippen molar-refractivity contribution in [3.8, 4) is 0 Å². The molecule has 0 aliphatic carbocycles. The van der Waals surface area contributed by atoms with Crippen LogP contribution in [0.2, 0.25) is 0 Å². The van der Waals surface area contributed by atoms with Crippen LogP contribution in [0.4, 0.5) is 5.95 Å². The van der Waals surface area contributed by atoms with Gasteiger partial charge in [0.1, 0.15) is 0 Å². The summed E-state index contributed by atoms with van der Waals surface area (Å²) in [6, 6.07) is 0. The summed E-state index contributed by atoms with van der Waals surface area (Å²) in [6.45, 7) is 12.9. The van der Waals surface area contributed by atoms with Gasteiger partial charge in [-0.25, -0.2) is 4.98 Å². The Balaban J connectivity index is 2.83. The average molecular weight is 209 g/mol. The van der Waals surface area contributed by atoms with Crippen LogP contribution in [0, 0.1) is 12.3 Å². The third-order valence-corrected chi connectivity index (χ3v) is 2.79. The first-order chi connectivity index (χ1) is 6.98. The Kier molecular flexibility index (Phi) is 3.77. The molecule has 0 saturated heterocycles. The Morgan fingerprint density at radius 3 is 2.60 bits per heavy atom. The maximum Gasteiger partial charge on any atom is 0.203 e. The summed E-state index contributed by atoms with van der Waals surface area (Å²) in [4.78, 5) is 4.47. The first-order valence-electron chi connectivity index (χ1n) is 5.76. The van der Waals surface area contributed by atoms with E-state index in [1.165, 1.54) is 6.42 Å². The molecule has 0 radical (unpaired) electrons. The lowest BCUT2D eigenvalue weighted by Crippen LogP contribution is -2.19. The number of hydrogen-bond donors (Lipinski definition) is 1. The lowest BCUT2D eigenvalue weighted by atomic mass is 9.90. The minimum Gasteiger partial charge on any atom is -0.356 e. The van der Waals surface area contributed by atoms with Crippen molar-refractivity contribution >= 4 is 5.95 Å². The molecule has 0 aliphatic rings. The summed E-state index contributed by atoms with van der Waals surface area (Å²) in [5.41, 5.74) is 1.41. The van der Waals surface area contributed by atoms with E-state index in [9.17, 15) is 0 Å². The normalized spacial score (nSPS) is 11.8. The molecule has 1 aromatic heterocycles. The highest BCUT2D eigenvalue weighted by molar-refractivity contribution is 5.28. The summed E-state index contributed by atoms with van der Waals surface area (Å²) in [5, 5.41) is 3.30. The smallest absolute Gasteiger partial charge is 0.203 e. The lowest BCUT2D eigenvalue weighted by Gasteiger charge is -2.24. The molecule has 0 fully saturated rings. The minimum atomic E-state index is 0.331. The number of aromatic nitrogens is 2. The largest absolute Gasteiger partial charge is 0.356 e. The minimum absolute atomic E-state index is 0.331. The molecule has 15 heavy (non-hydrogen) atoms. The fourth-order valence-electron chi connectivity index (χ4n) is 1.54. The number of nitrogens with zero attached hydrogens (tertiary/aromatic N) is 2. The van der Waals surface area contributed by atoms with Gasteiger partial charge in [-0.2, -0.15) is 0 Å². The highest BCUT2D eigenvalue weighted by Gasteiger charge is 2.17. The van der Waals surface area contributed by atoms with Crippen LogP contribution in [0.3, 0.4) is 0 Å². The van der Waals surface area contributed by atoms with Crippen molar-refractivity contribution in [2.45, 2.75) is 47.6 Å². The molecule has 0 saturated carbocycles. The van der Waals surface area contributed by atoms with Crippen molar-refractivity contribution in [1.82, 2.24) is 9.55 Å². The van der Waals surface area contributed by atoms with E-state index >= 15 is 0 Å². The molecule has 86 valence electrons. The number of aryl methyl sites for hydroxylation is 1. The Hall–Kier alpha value is -0.990. The number of rotatable bonds is 5. The van der Waals surface area contributed by atoms with Crippen molar-refractivity contribution < 1.29 is 0 Å². The third kappa shape index (κ3) is 3.26. The second-order valence-electron chi connectivity index (χ2n) is 4.88. The maximum atomic E-state index is 4.47. The van der Waals surface area contributed by atoms with Gasteiger partial charge in [0.2, 0.25) is 5.95 Å². The second kappa shape index (κ2) is 4.69. The Labute approximate surface area is 92.9 Å². The average Bonchev–Trinajstić information content (AvgIpc) is 2.47. The van der Waals surface area contributed by atoms with Crippen molar-refractivity contribution in [3.63, 3.8) is 0 Å². The quantitative estimate of drug-likeness (QED) is 0.807. The molecule has 1 rings (SSSR count). The summed E-state index contributed by atoms with van der Waals surface area (Å²) in [6.07, 6.45) is 3.30. The van der Waals surface area contributed by atoms with Gasteiger partial charge in [0, 0.05) is 19.3 Å². The van der Waals surface area contributed by atoms with E-state index in [1.807, 2.05) is 6.92 Å². The summed E-state index contributed by atoms with van der Waals surface area (Å²) in [5.74, 6) is 0.997. The first kappa shape index (κ1) is 12.1. The molecule has 0 atom stereocenters. The number of anilines is 1. The SMILES string of the molecule is CCNc1nc(C)cn1CC(C)(C)CC. The molecule has 0 spiro atoms. The van der Waals surface area contributed by atoms with Crippen LogP contribution in [-0.2, 0) is 6.54 Å². The molecule has 3 heteroatoms. The summed E-state index contributed by atoms with van der Waals surface area (Å²) < 4.78 is 2.22. The molecule has 1 heterocycles. The van der Waals surface area contributed by atoms with E-state index in [0.717, 1.165) is 24.7 Å². The zero-order chi connectivity index (χ0) is 11.5. The number of imidazole rings is 1. The molecular weight excluding hydrogens is 186 g/mol. The highest BCUT2D eigenvalue weighted by Crippen LogP contribution is 2.24. The molecule has 1 N–H and O–H groups in total. The maximum absolute atomic E-state index is 4.47. The van der Waals surface area contributed by atoms with Crippen molar-refractivity contribution in [2.24, 2.45) is 5.41 Å². The van der Waals surface area contributed by atoms with Crippen molar-refractivity contribution in [1.29, 1.82) is 0 Å². The molecule has 0 bridgehead atoms. The van der Waals surface area contributed by atoms with Gasteiger partial charge < -0.3 is 9.88 Å². The highest BCUT2D eigenvalue weighted by atomic mass is 15.2. The van der Waals surface area contributed by atoms with Gasteiger partial charge in [0.25, 0.3) is 0 Å². The molecule has 1 aromatic rings. The fourth-order valence-corrected chi connectivity index (χ4v) is 1.54. The number of hydrogen-bond acceptors (Lipinski definition) is 2. The number of nitrogens with one attached hydrogen (secondary N) is 1. The van der Waals surface area contributed by atoms with Crippen LogP contribution >= 0.6 is 0 Å². The van der Waals surface area contributed by atoms with Gasteiger partial charge >= 0.3 is 0 Å². The van der Waals surface area contributed by atoms with Crippen LogP contribution in [0.25, 0.3) is 0 Å². The van der Waals surface area contributed by atoms with Crippen LogP contribution in [0.1, 0.15) is 39.8 Å². The van der Waals surface area contributed by atoms with E-state index < -0.39 is 0 Å². The van der Waals surface area contributed by atoms with Crippen LogP contribution in [-0.4, -0.2) is 16.1 Å². The molecular formula is C12H23N3. The zero-order valence-electron chi connectivity index (χ0n) is 10.6. The van der Waals surface area contributed by atoms with Gasteiger partial charge in [-0.15, -0.1) is 0 Å². The van der Waals surface area contributed by atoms with Gasteiger partial charge in [0.15, 0.2) is 0 Å².